The summed E-state index contributed by atoms with van der Waals surface area (Å²) in [5.41, 5.74) is 6.17. The molecular weight excluding hydrogens is 304 g/mol. The van der Waals surface area contributed by atoms with Crippen molar-refractivity contribution in [2.45, 2.75) is 11.8 Å². The number of hydrogen-bond donors (Lipinski definition) is 2. The number of carbonyl (C=O) groups excluding carboxylic acids is 1. The highest BCUT2D eigenvalue weighted by molar-refractivity contribution is 7.92. The predicted molar refractivity (Wildman–Crippen MR) is 83.5 cm³/mol. The Hall–Kier alpha value is -2.54. The molecule has 2 aromatic rings. The number of primary amides is 1. The van der Waals surface area contributed by atoms with Gasteiger partial charge in [0.2, 0.25) is 0 Å². The molecule has 116 valence electrons. The van der Waals surface area contributed by atoms with Crippen LogP contribution in [0.25, 0.3) is 0 Å². The van der Waals surface area contributed by atoms with Crippen LogP contribution in [0, 0.1) is 6.92 Å². The van der Waals surface area contributed by atoms with E-state index in [2.05, 4.69) is 4.72 Å². The number of anilines is 1. The molecule has 0 heterocycles. The first kappa shape index (κ1) is 15.8. The number of aryl methyl sites for hydroxylation is 1. The molecule has 0 radical (unpaired) electrons. The first-order valence-corrected chi connectivity index (χ1v) is 7.90. The van der Waals surface area contributed by atoms with Crippen molar-refractivity contribution in [3.05, 3.63) is 53.6 Å². The van der Waals surface area contributed by atoms with Crippen molar-refractivity contribution in [2.24, 2.45) is 5.73 Å². The van der Waals surface area contributed by atoms with E-state index in [9.17, 15) is 13.2 Å². The van der Waals surface area contributed by atoms with Crippen molar-refractivity contribution >= 4 is 21.6 Å². The standard InChI is InChI=1S/C15H16N2O4S/c1-10-6-5-7-11(15(16)18)14(10)17-22(19,20)13-9-4-3-8-12(13)21-2/h3-9,17H,1-2H3,(H2,16,18). The topological polar surface area (TPSA) is 98.5 Å². The molecule has 0 saturated carbocycles. The maximum atomic E-state index is 12.6. The smallest absolute Gasteiger partial charge is 0.265 e. The number of rotatable bonds is 5. The molecule has 2 rings (SSSR count). The number of para-hydroxylation sites is 2. The fraction of sp³-hybridized carbons (Fsp3) is 0.133. The van der Waals surface area contributed by atoms with Crippen molar-refractivity contribution in [1.82, 2.24) is 0 Å². The fourth-order valence-electron chi connectivity index (χ4n) is 2.04. The van der Waals surface area contributed by atoms with Gasteiger partial charge < -0.3 is 10.5 Å². The van der Waals surface area contributed by atoms with Gasteiger partial charge in [-0.2, -0.15) is 0 Å². The summed E-state index contributed by atoms with van der Waals surface area (Å²) >= 11 is 0. The Morgan fingerprint density at radius 1 is 1.14 bits per heavy atom. The molecule has 0 spiro atoms. The van der Waals surface area contributed by atoms with Crippen molar-refractivity contribution in [3.8, 4) is 5.75 Å². The van der Waals surface area contributed by atoms with E-state index in [1.54, 1.807) is 37.3 Å². The van der Waals surface area contributed by atoms with Gasteiger partial charge in [0.1, 0.15) is 10.6 Å². The second-order valence-electron chi connectivity index (χ2n) is 4.62. The van der Waals surface area contributed by atoms with Gasteiger partial charge >= 0.3 is 0 Å². The van der Waals surface area contributed by atoms with Crippen LogP contribution in [0.15, 0.2) is 47.4 Å². The first-order valence-electron chi connectivity index (χ1n) is 6.42. The van der Waals surface area contributed by atoms with Crippen molar-refractivity contribution in [3.63, 3.8) is 0 Å². The molecule has 22 heavy (non-hydrogen) atoms. The van der Waals surface area contributed by atoms with E-state index < -0.39 is 15.9 Å². The average Bonchev–Trinajstić information content (AvgIpc) is 2.48. The molecule has 0 saturated heterocycles. The molecule has 0 unspecified atom stereocenters. The lowest BCUT2D eigenvalue weighted by Crippen LogP contribution is -2.20. The summed E-state index contributed by atoms with van der Waals surface area (Å²) in [6, 6.07) is 11.0. The van der Waals surface area contributed by atoms with E-state index in [0.717, 1.165) is 0 Å². The monoisotopic (exact) mass is 320 g/mol. The Morgan fingerprint density at radius 3 is 2.45 bits per heavy atom. The van der Waals surface area contributed by atoms with Crippen LogP contribution < -0.4 is 15.2 Å². The molecule has 2 aromatic carbocycles. The van der Waals surface area contributed by atoms with E-state index in [0.29, 0.717) is 5.56 Å². The molecule has 0 aromatic heterocycles. The minimum Gasteiger partial charge on any atom is -0.495 e. The van der Waals surface area contributed by atoms with Gasteiger partial charge in [-0.05, 0) is 30.7 Å². The number of amides is 1. The number of nitrogens with two attached hydrogens (primary N) is 1. The summed E-state index contributed by atoms with van der Waals surface area (Å²) in [7, 11) is -2.53. The molecule has 6 nitrogen and oxygen atoms in total. The van der Waals surface area contributed by atoms with Gasteiger partial charge in [-0.15, -0.1) is 0 Å². The van der Waals surface area contributed by atoms with E-state index in [-0.39, 0.29) is 21.9 Å². The molecular formula is C15H16N2O4S. The van der Waals surface area contributed by atoms with Crippen LogP contribution in [-0.4, -0.2) is 21.4 Å². The number of methoxy groups -OCH3 is 1. The SMILES string of the molecule is COc1ccccc1S(=O)(=O)Nc1c(C)cccc1C(N)=O. The maximum absolute atomic E-state index is 12.6. The summed E-state index contributed by atoms with van der Waals surface area (Å²) in [5, 5.41) is 0. The molecule has 0 aliphatic carbocycles. The van der Waals surface area contributed by atoms with Gasteiger partial charge in [-0.1, -0.05) is 24.3 Å². The highest BCUT2D eigenvalue weighted by Crippen LogP contribution is 2.28. The molecule has 7 heteroatoms. The number of ether oxygens (including phenoxy) is 1. The number of sulfonamides is 1. The zero-order chi connectivity index (χ0) is 16.3. The molecule has 3 N–H and O–H groups in total. The van der Waals surface area contributed by atoms with Gasteiger partial charge in [0.05, 0.1) is 18.4 Å². The molecule has 0 aliphatic heterocycles. The summed E-state index contributed by atoms with van der Waals surface area (Å²) in [4.78, 5) is 11.5. The summed E-state index contributed by atoms with van der Waals surface area (Å²) in [6.07, 6.45) is 0. The number of hydrogen-bond acceptors (Lipinski definition) is 4. The lowest BCUT2D eigenvalue weighted by Gasteiger charge is -2.15. The number of nitrogens with one attached hydrogen (secondary N) is 1. The van der Waals surface area contributed by atoms with Crippen molar-refractivity contribution < 1.29 is 17.9 Å². The molecule has 0 fully saturated rings. The second kappa shape index (κ2) is 6.07. The van der Waals surface area contributed by atoms with Crippen LogP contribution in [-0.2, 0) is 10.0 Å². The third kappa shape index (κ3) is 3.04. The molecule has 0 aliphatic rings. The van der Waals surface area contributed by atoms with E-state index in [1.165, 1.54) is 19.2 Å². The minimum atomic E-state index is -3.92. The van der Waals surface area contributed by atoms with Crippen molar-refractivity contribution in [1.29, 1.82) is 0 Å². The Labute approximate surface area is 129 Å². The maximum Gasteiger partial charge on any atom is 0.265 e. The highest BCUT2D eigenvalue weighted by atomic mass is 32.2. The van der Waals surface area contributed by atoms with Gasteiger partial charge in [0, 0.05) is 0 Å². The average molecular weight is 320 g/mol. The van der Waals surface area contributed by atoms with Crippen LogP contribution in [0.5, 0.6) is 5.75 Å². The van der Waals surface area contributed by atoms with Gasteiger partial charge in [0.15, 0.2) is 0 Å². The van der Waals surface area contributed by atoms with Gasteiger partial charge in [-0.25, -0.2) is 8.42 Å². The Kier molecular flexibility index (Phi) is 4.37. The first-order chi connectivity index (χ1) is 10.4. The molecule has 1 amide bonds. The van der Waals surface area contributed by atoms with Crippen LogP contribution in [0.1, 0.15) is 15.9 Å². The number of carbonyl (C=O) groups is 1. The van der Waals surface area contributed by atoms with E-state index >= 15 is 0 Å². The molecule has 0 bridgehead atoms. The van der Waals surface area contributed by atoms with Crippen molar-refractivity contribution in [2.75, 3.05) is 11.8 Å². The number of benzene rings is 2. The van der Waals surface area contributed by atoms with E-state index in [4.69, 9.17) is 10.5 Å². The lowest BCUT2D eigenvalue weighted by atomic mass is 10.1. The van der Waals surface area contributed by atoms with Crippen LogP contribution in [0.2, 0.25) is 0 Å². The third-order valence-corrected chi connectivity index (χ3v) is 4.52. The third-order valence-electron chi connectivity index (χ3n) is 3.13. The largest absolute Gasteiger partial charge is 0.495 e. The zero-order valence-corrected chi connectivity index (χ0v) is 13.0. The van der Waals surface area contributed by atoms with Gasteiger partial charge in [-0.3, -0.25) is 9.52 Å². The summed E-state index contributed by atoms with van der Waals surface area (Å²) in [6.45, 7) is 1.69. The Morgan fingerprint density at radius 2 is 1.82 bits per heavy atom. The predicted octanol–water partition coefficient (Wildman–Crippen LogP) is 1.90. The fourth-order valence-corrected chi connectivity index (χ4v) is 3.36. The Balaban J connectivity index is 2.53. The summed E-state index contributed by atoms with van der Waals surface area (Å²) in [5.74, 6) is -0.495. The lowest BCUT2D eigenvalue weighted by molar-refractivity contribution is 0.100. The van der Waals surface area contributed by atoms with Crippen LogP contribution in [0.4, 0.5) is 5.69 Å². The van der Waals surface area contributed by atoms with Crippen LogP contribution in [0.3, 0.4) is 0 Å². The highest BCUT2D eigenvalue weighted by Gasteiger charge is 2.22. The Bertz CT molecular complexity index is 816. The van der Waals surface area contributed by atoms with Crippen LogP contribution >= 0.6 is 0 Å². The summed E-state index contributed by atoms with van der Waals surface area (Å²) < 4.78 is 32.6. The minimum absolute atomic E-state index is 0.0174. The normalized spacial score (nSPS) is 11.0. The van der Waals surface area contributed by atoms with E-state index in [1.807, 2.05) is 0 Å². The second-order valence-corrected chi connectivity index (χ2v) is 6.27. The molecule has 0 atom stereocenters. The van der Waals surface area contributed by atoms with Gasteiger partial charge in [0.25, 0.3) is 15.9 Å². The quantitative estimate of drug-likeness (QED) is 0.879. The zero-order valence-electron chi connectivity index (χ0n) is 12.2.